The molecule has 1 fully saturated rings. The minimum Gasteiger partial charge on any atom is -0.487 e. The predicted molar refractivity (Wildman–Crippen MR) is 80.6 cm³/mol. The second kappa shape index (κ2) is 5.93. The molecule has 1 aliphatic carbocycles. The SMILES string of the molecule is C[C@@H]1CN(C(=O)N[C@@H]2CCC[C@@H]2CO)c2ccccc2O1. The molecule has 2 N–H and O–H groups in total. The summed E-state index contributed by atoms with van der Waals surface area (Å²) in [6.07, 6.45) is 2.96. The van der Waals surface area contributed by atoms with Crippen LogP contribution < -0.4 is 15.0 Å². The number of nitrogens with one attached hydrogen (secondary N) is 1. The van der Waals surface area contributed by atoms with Gasteiger partial charge in [0.05, 0.1) is 12.2 Å². The average molecular weight is 290 g/mol. The summed E-state index contributed by atoms with van der Waals surface area (Å²) >= 11 is 0. The van der Waals surface area contributed by atoms with Crippen LogP contribution in [0.15, 0.2) is 24.3 Å². The van der Waals surface area contributed by atoms with E-state index in [1.54, 1.807) is 4.90 Å². The van der Waals surface area contributed by atoms with Gasteiger partial charge in [-0.15, -0.1) is 0 Å². The predicted octanol–water partition coefficient (Wildman–Crippen LogP) is 2.14. The summed E-state index contributed by atoms with van der Waals surface area (Å²) in [6, 6.07) is 7.59. The molecule has 0 radical (unpaired) electrons. The Balaban J connectivity index is 1.75. The summed E-state index contributed by atoms with van der Waals surface area (Å²) in [5, 5.41) is 12.5. The van der Waals surface area contributed by atoms with Crippen molar-refractivity contribution in [1.29, 1.82) is 0 Å². The Labute approximate surface area is 124 Å². The first kappa shape index (κ1) is 14.2. The van der Waals surface area contributed by atoms with Crippen molar-refractivity contribution in [2.75, 3.05) is 18.1 Å². The molecule has 114 valence electrons. The van der Waals surface area contributed by atoms with Crippen LogP contribution in [0.3, 0.4) is 0 Å². The molecule has 2 amide bonds. The number of amides is 2. The van der Waals surface area contributed by atoms with Crippen LogP contribution in [0.2, 0.25) is 0 Å². The first-order chi connectivity index (χ1) is 10.2. The highest BCUT2D eigenvalue weighted by Crippen LogP contribution is 2.33. The minimum atomic E-state index is -0.0945. The van der Waals surface area contributed by atoms with Gasteiger partial charge in [0.25, 0.3) is 0 Å². The number of anilines is 1. The van der Waals surface area contributed by atoms with Crippen LogP contribution in [0.25, 0.3) is 0 Å². The number of hydrogen-bond donors (Lipinski definition) is 2. The number of fused-ring (bicyclic) bond motifs is 1. The van der Waals surface area contributed by atoms with Gasteiger partial charge in [-0.25, -0.2) is 4.79 Å². The Bertz CT molecular complexity index is 520. The topological polar surface area (TPSA) is 61.8 Å². The highest BCUT2D eigenvalue weighted by molar-refractivity contribution is 5.94. The number of hydrogen-bond acceptors (Lipinski definition) is 3. The van der Waals surface area contributed by atoms with Gasteiger partial charge < -0.3 is 15.2 Å². The number of nitrogens with zero attached hydrogens (tertiary/aromatic N) is 1. The number of carbonyl (C=O) groups excluding carboxylic acids is 1. The Morgan fingerprint density at radius 1 is 1.43 bits per heavy atom. The van der Waals surface area contributed by atoms with Crippen molar-refractivity contribution in [2.24, 2.45) is 5.92 Å². The van der Waals surface area contributed by atoms with Crippen LogP contribution in [-0.4, -0.2) is 36.4 Å². The van der Waals surface area contributed by atoms with E-state index in [9.17, 15) is 9.90 Å². The number of aliphatic hydroxyl groups excluding tert-OH is 1. The van der Waals surface area contributed by atoms with Crippen LogP contribution >= 0.6 is 0 Å². The molecule has 0 spiro atoms. The standard InChI is InChI=1S/C16H22N2O3/c1-11-9-18(14-7-2-3-8-15(14)21-11)16(20)17-13-6-4-5-12(13)10-19/h2-3,7-8,11-13,19H,4-6,9-10H2,1H3,(H,17,20)/t11-,12-,13-/m1/s1. The molecule has 1 aromatic rings. The summed E-state index contributed by atoms with van der Waals surface area (Å²) in [5.41, 5.74) is 0.812. The van der Waals surface area contributed by atoms with E-state index in [4.69, 9.17) is 4.74 Å². The first-order valence-corrected chi connectivity index (χ1v) is 7.63. The van der Waals surface area contributed by atoms with Gasteiger partial charge in [-0.3, -0.25) is 4.90 Å². The van der Waals surface area contributed by atoms with E-state index in [0.717, 1.165) is 30.7 Å². The van der Waals surface area contributed by atoms with Gasteiger partial charge in [-0.1, -0.05) is 18.6 Å². The van der Waals surface area contributed by atoms with Gasteiger partial charge in [-0.2, -0.15) is 0 Å². The number of urea groups is 1. The molecule has 21 heavy (non-hydrogen) atoms. The third-order valence-corrected chi connectivity index (χ3v) is 4.37. The molecular formula is C16H22N2O3. The summed E-state index contributed by atoms with van der Waals surface area (Å²) < 4.78 is 5.76. The summed E-state index contributed by atoms with van der Waals surface area (Å²) in [5.74, 6) is 0.930. The number of para-hydroxylation sites is 2. The number of carbonyl (C=O) groups is 1. The maximum Gasteiger partial charge on any atom is 0.322 e. The minimum absolute atomic E-state index is 0.0251. The van der Waals surface area contributed by atoms with Gasteiger partial charge in [0, 0.05) is 18.6 Å². The fourth-order valence-electron chi connectivity index (χ4n) is 3.26. The summed E-state index contributed by atoms with van der Waals surface area (Å²) in [7, 11) is 0. The number of rotatable bonds is 2. The van der Waals surface area contributed by atoms with E-state index < -0.39 is 0 Å². The van der Waals surface area contributed by atoms with Gasteiger partial charge in [-0.05, 0) is 31.9 Å². The van der Waals surface area contributed by atoms with Crippen molar-refractivity contribution in [1.82, 2.24) is 5.32 Å². The van der Waals surface area contributed by atoms with Gasteiger partial charge in [0.15, 0.2) is 0 Å². The Morgan fingerprint density at radius 3 is 3.05 bits per heavy atom. The highest BCUT2D eigenvalue weighted by Gasteiger charge is 2.32. The third kappa shape index (κ3) is 2.83. The molecule has 5 nitrogen and oxygen atoms in total. The molecule has 2 aliphatic rings. The van der Waals surface area contributed by atoms with E-state index >= 15 is 0 Å². The van der Waals surface area contributed by atoms with E-state index in [2.05, 4.69) is 5.32 Å². The smallest absolute Gasteiger partial charge is 0.322 e. The molecule has 0 unspecified atom stereocenters. The zero-order valence-electron chi connectivity index (χ0n) is 12.3. The molecule has 0 aromatic heterocycles. The lowest BCUT2D eigenvalue weighted by atomic mass is 10.1. The van der Waals surface area contributed by atoms with Crippen molar-refractivity contribution in [2.45, 2.75) is 38.3 Å². The molecule has 3 rings (SSSR count). The molecule has 1 aromatic carbocycles. The molecule has 0 bridgehead atoms. The van der Waals surface area contributed by atoms with E-state index in [1.165, 1.54) is 0 Å². The van der Waals surface area contributed by atoms with Gasteiger partial charge in [0.1, 0.15) is 11.9 Å². The second-order valence-corrected chi connectivity index (χ2v) is 5.94. The normalized spacial score (nSPS) is 27.9. The highest BCUT2D eigenvalue weighted by atomic mass is 16.5. The fraction of sp³-hybridized carbons (Fsp3) is 0.562. The molecule has 1 aliphatic heterocycles. The van der Waals surface area contributed by atoms with Crippen LogP contribution in [0.4, 0.5) is 10.5 Å². The first-order valence-electron chi connectivity index (χ1n) is 7.63. The van der Waals surface area contributed by atoms with Crippen molar-refractivity contribution < 1.29 is 14.6 Å². The summed E-state index contributed by atoms with van der Waals surface area (Å²) in [4.78, 5) is 14.3. The van der Waals surface area contributed by atoms with Crippen molar-refractivity contribution in [3.63, 3.8) is 0 Å². The van der Waals surface area contributed by atoms with E-state index in [0.29, 0.717) is 6.54 Å². The molecular weight excluding hydrogens is 268 g/mol. The number of aliphatic hydroxyl groups is 1. The fourth-order valence-corrected chi connectivity index (χ4v) is 3.26. The van der Waals surface area contributed by atoms with Crippen LogP contribution in [0, 0.1) is 5.92 Å². The molecule has 3 atom stereocenters. The quantitative estimate of drug-likeness (QED) is 0.877. The van der Waals surface area contributed by atoms with Gasteiger partial charge >= 0.3 is 6.03 Å². The largest absolute Gasteiger partial charge is 0.487 e. The maximum absolute atomic E-state index is 12.6. The molecule has 0 saturated heterocycles. The lowest BCUT2D eigenvalue weighted by Crippen LogP contribution is -2.51. The number of ether oxygens (including phenoxy) is 1. The molecule has 1 saturated carbocycles. The van der Waals surface area contributed by atoms with Gasteiger partial charge in [0.2, 0.25) is 0 Å². The Hall–Kier alpha value is -1.75. The Morgan fingerprint density at radius 2 is 2.24 bits per heavy atom. The van der Waals surface area contributed by atoms with E-state index in [-0.39, 0.29) is 30.7 Å². The maximum atomic E-state index is 12.6. The third-order valence-electron chi connectivity index (χ3n) is 4.37. The van der Waals surface area contributed by atoms with Crippen LogP contribution in [-0.2, 0) is 0 Å². The zero-order chi connectivity index (χ0) is 14.8. The van der Waals surface area contributed by atoms with Crippen LogP contribution in [0.5, 0.6) is 5.75 Å². The molecule has 5 heteroatoms. The number of benzene rings is 1. The second-order valence-electron chi connectivity index (χ2n) is 5.94. The Kier molecular flexibility index (Phi) is 4.01. The zero-order valence-corrected chi connectivity index (χ0v) is 12.3. The lowest BCUT2D eigenvalue weighted by Gasteiger charge is -2.34. The van der Waals surface area contributed by atoms with Crippen molar-refractivity contribution >= 4 is 11.7 Å². The summed E-state index contributed by atoms with van der Waals surface area (Å²) in [6.45, 7) is 2.64. The van der Waals surface area contributed by atoms with Crippen molar-refractivity contribution in [3.8, 4) is 5.75 Å². The van der Waals surface area contributed by atoms with E-state index in [1.807, 2.05) is 31.2 Å². The van der Waals surface area contributed by atoms with Crippen LogP contribution in [0.1, 0.15) is 26.2 Å². The lowest BCUT2D eigenvalue weighted by molar-refractivity contribution is 0.192. The van der Waals surface area contributed by atoms with Crippen molar-refractivity contribution in [3.05, 3.63) is 24.3 Å². The average Bonchev–Trinajstić information content (AvgIpc) is 2.93. The monoisotopic (exact) mass is 290 g/mol. The molecule has 1 heterocycles.